The van der Waals surface area contributed by atoms with Crippen molar-refractivity contribution in [1.82, 2.24) is 8.87 Å². The van der Waals surface area contributed by atoms with Crippen LogP contribution in [0.5, 0.6) is 0 Å². The summed E-state index contributed by atoms with van der Waals surface area (Å²) in [5, 5.41) is 2.74. The summed E-state index contributed by atoms with van der Waals surface area (Å²) >= 11 is 1.33. The van der Waals surface area contributed by atoms with Crippen molar-refractivity contribution in [2.45, 2.75) is 38.5 Å². The summed E-state index contributed by atoms with van der Waals surface area (Å²) in [4.78, 5) is 29.0. The fourth-order valence-corrected chi connectivity index (χ4v) is 6.12. The summed E-state index contributed by atoms with van der Waals surface area (Å²) < 4.78 is 30.0. The van der Waals surface area contributed by atoms with Gasteiger partial charge in [0.25, 0.3) is 5.91 Å². The number of fused-ring (bicyclic) bond motifs is 1. The van der Waals surface area contributed by atoms with Gasteiger partial charge in [0.1, 0.15) is 0 Å². The van der Waals surface area contributed by atoms with E-state index in [9.17, 15) is 18.0 Å². The normalized spacial score (nSPS) is 12.5. The largest absolute Gasteiger partial charge is 0.326 e. The molecule has 0 aliphatic rings. The van der Waals surface area contributed by atoms with Crippen LogP contribution in [0, 0.1) is 0 Å². The average Bonchev–Trinajstić information content (AvgIpc) is 3.07. The number of carbonyl (C=O) groups is 2. The number of amides is 2. The molecule has 0 radical (unpaired) electrons. The third-order valence-electron chi connectivity index (χ3n) is 5.01. The fraction of sp³-hybridized carbons (Fsp3) is 0.348. The molecule has 0 spiro atoms. The molecule has 0 bridgehead atoms. The Morgan fingerprint density at radius 2 is 1.70 bits per heavy atom. The second-order valence-electron chi connectivity index (χ2n) is 7.65. The molecule has 1 N–H and O–H groups in total. The monoisotopic (exact) mass is 488 g/mol. The van der Waals surface area contributed by atoms with Crippen LogP contribution in [0.3, 0.4) is 0 Å². The number of aryl methyl sites for hydroxylation is 1. The van der Waals surface area contributed by atoms with Crippen LogP contribution < -0.4 is 10.1 Å². The molecule has 176 valence electrons. The van der Waals surface area contributed by atoms with Gasteiger partial charge in [-0.25, -0.2) is 8.42 Å². The Morgan fingerprint density at radius 1 is 1.06 bits per heavy atom. The van der Waals surface area contributed by atoms with Crippen molar-refractivity contribution in [3.63, 3.8) is 0 Å². The van der Waals surface area contributed by atoms with Crippen molar-refractivity contribution < 1.29 is 18.0 Å². The highest BCUT2D eigenvalue weighted by atomic mass is 32.2. The summed E-state index contributed by atoms with van der Waals surface area (Å²) in [7, 11) is -1.79. The molecule has 0 saturated heterocycles. The van der Waals surface area contributed by atoms with Crippen LogP contribution >= 0.6 is 11.3 Å². The van der Waals surface area contributed by atoms with Crippen molar-refractivity contribution in [2.24, 2.45) is 12.0 Å². The Bertz CT molecular complexity index is 1330. The van der Waals surface area contributed by atoms with E-state index in [-0.39, 0.29) is 10.8 Å². The Kier molecular flexibility index (Phi) is 7.83. The van der Waals surface area contributed by atoms with Gasteiger partial charge in [-0.2, -0.15) is 9.30 Å². The lowest BCUT2D eigenvalue weighted by molar-refractivity contribution is -0.114. The quantitative estimate of drug-likeness (QED) is 0.522. The first-order valence-corrected chi connectivity index (χ1v) is 13.0. The lowest BCUT2D eigenvalue weighted by Crippen LogP contribution is -2.32. The smallest absolute Gasteiger partial charge is 0.279 e. The summed E-state index contributed by atoms with van der Waals surface area (Å²) in [5.74, 6) is -0.615. The molecule has 0 saturated carbocycles. The van der Waals surface area contributed by atoms with Crippen molar-refractivity contribution in [2.75, 3.05) is 18.4 Å². The first-order chi connectivity index (χ1) is 15.7. The number of anilines is 1. The molecule has 2 amide bonds. The molecule has 2 aromatic carbocycles. The summed E-state index contributed by atoms with van der Waals surface area (Å²) in [6.07, 6.45) is 1.46. The van der Waals surface area contributed by atoms with E-state index in [2.05, 4.69) is 10.3 Å². The third-order valence-corrected chi connectivity index (χ3v) is 8.02. The van der Waals surface area contributed by atoms with Crippen LogP contribution in [0.25, 0.3) is 10.2 Å². The van der Waals surface area contributed by atoms with Crippen molar-refractivity contribution >= 4 is 49.1 Å². The van der Waals surface area contributed by atoms with E-state index >= 15 is 0 Å². The third kappa shape index (κ3) is 5.58. The number of sulfonamides is 1. The molecule has 8 nitrogen and oxygen atoms in total. The van der Waals surface area contributed by atoms with Gasteiger partial charge < -0.3 is 9.88 Å². The first kappa shape index (κ1) is 24.8. The fourth-order valence-electron chi connectivity index (χ4n) is 3.44. The van der Waals surface area contributed by atoms with Gasteiger partial charge in [0, 0.05) is 38.3 Å². The lowest BCUT2D eigenvalue weighted by Gasteiger charge is -2.21. The number of rotatable bonds is 8. The summed E-state index contributed by atoms with van der Waals surface area (Å²) in [5.41, 5.74) is 1.86. The number of benzene rings is 2. The SMILES string of the molecule is CCCN(CCC)S(=O)(=O)c1ccc(C(=O)N=c2sc3cc(NC(C)=O)ccc3n2C)cc1. The van der Waals surface area contributed by atoms with E-state index in [0.717, 1.165) is 23.1 Å². The molecule has 3 aromatic rings. The van der Waals surface area contributed by atoms with Crippen LogP contribution in [0.4, 0.5) is 5.69 Å². The highest BCUT2D eigenvalue weighted by Gasteiger charge is 2.23. The summed E-state index contributed by atoms with van der Waals surface area (Å²) in [6.45, 7) is 6.24. The van der Waals surface area contributed by atoms with Crippen molar-refractivity contribution in [3.8, 4) is 0 Å². The minimum atomic E-state index is -3.60. The predicted molar refractivity (Wildman–Crippen MR) is 131 cm³/mol. The number of hydrogen-bond acceptors (Lipinski definition) is 5. The van der Waals surface area contributed by atoms with Gasteiger partial charge in [0.05, 0.1) is 15.1 Å². The van der Waals surface area contributed by atoms with E-state index in [1.807, 2.05) is 37.6 Å². The molecule has 1 aromatic heterocycles. The van der Waals surface area contributed by atoms with E-state index in [0.29, 0.717) is 29.1 Å². The van der Waals surface area contributed by atoms with E-state index in [1.54, 1.807) is 6.07 Å². The van der Waals surface area contributed by atoms with Crippen LogP contribution in [-0.4, -0.2) is 42.2 Å². The average molecular weight is 489 g/mol. The first-order valence-electron chi connectivity index (χ1n) is 10.7. The zero-order valence-electron chi connectivity index (χ0n) is 19.2. The molecule has 3 rings (SSSR count). The Hall–Kier alpha value is -2.82. The van der Waals surface area contributed by atoms with Crippen molar-refractivity contribution in [1.29, 1.82) is 0 Å². The Balaban J connectivity index is 1.89. The molecular weight excluding hydrogens is 460 g/mol. The van der Waals surface area contributed by atoms with Gasteiger partial charge in [-0.1, -0.05) is 25.2 Å². The Morgan fingerprint density at radius 3 is 2.27 bits per heavy atom. The van der Waals surface area contributed by atoms with Gasteiger partial charge >= 0.3 is 0 Å². The molecule has 0 unspecified atom stereocenters. The lowest BCUT2D eigenvalue weighted by atomic mass is 10.2. The maximum atomic E-state index is 12.9. The number of hydrogen-bond donors (Lipinski definition) is 1. The zero-order valence-corrected chi connectivity index (χ0v) is 20.8. The topological polar surface area (TPSA) is 101 Å². The molecule has 0 aliphatic carbocycles. The maximum absolute atomic E-state index is 12.9. The number of nitrogens with zero attached hydrogens (tertiary/aromatic N) is 3. The molecule has 1 heterocycles. The van der Waals surface area contributed by atoms with Gasteiger partial charge in [-0.3, -0.25) is 9.59 Å². The zero-order chi connectivity index (χ0) is 24.2. The predicted octanol–water partition coefficient (Wildman–Crippen LogP) is 3.75. The maximum Gasteiger partial charge on any atom is 0.279 e. The molecule has 10 heteroatoms. The van der Waals surface area contributed by atoms with Crippen LogP contribution in [0.1, 0.15) is 44.0 Å². The van der Waals surface area contributed by atoms with Crippen LogP contribution in [-0.2, 0) is 21.9 Å². The van der Waals surface area contributed by atoms with Crippen LogP contribution in [0.2, 0.25) is 0 Å². The number of carbonyl (C=O) groups excluding carboxylic acids is 2. The minimum absolute atomic E-state index is 0.159. The summed E-state index contributed by atoms with van der Waals surface area (Å²) in [6, 6.07) is 11.4. The highest BCUT2D eigenvalue weighted by Crippen LogP contribution is 2.22. The molecule has 0 fully saturated rings. The van der Waals surface area contributed by atoms with Gasteiger partial charge in [0.15, 0.2) is 4.80 Å². The van der Waals surface area contributed by atoms with E-state index in [4.69, 9.17) is 0 Å². The second-order valence-corrected chi connectivity index (χ2v) is 10.6. The van der Waals surface area contributed by atoms with Crippen LogP contribution in [0.15, 0.2) is 52.4 Å². The second kappa shape index (κ2) is 10.4. The number of nitrogens with one attached hydrogen (secondary N) is 1. The highest BCUT2D eigenvalue weighted by molar-refractivity contribution is 7.89. The molecular formula is C23H28N4O4S2. The van der Waals surface area contributed by atoms with E-state index in [1.165, 1.54) is 46.8 Å². The van der Waals surface area contributed by atoms with Gasteiger partial charge in [-0.15, -0.1) is 0 Å². The molecule has 33 heavy (non-hydrogen) atoms. The number of aromatic nitrogens is 1. The minimum Gasteiger partial charge on any atom is -0.326 e. The van der Waals surface area contributed by atoms with E-state index < -0.39 is 15.9 Å². The van der Waals surface area contributed by atoms with Gasteiger partial charge in [0.2, 0.25) is 15.9 Å². The van der Waals surface area contributed by atoms with Gasteiger partial charge in [-0.05, 0) is 55.3 Å². The molecule has 0 aliphatic heterocycles. The number of thiazole rings is 1. The standard InChI is InChI=1S/C23H28N4O4S2/c1-5-13-27(14-6-2)33(30,31)19-10-7-17(8-11-19)22(29)25-23-26(4)20-12-9-18(24-16(3)28)15-21(20)32-23/h7-12,15H,5-6,13-14H2,1-4H3,(H,24,28). The van der Waals surface area contributed by atoms with Crippen molar-refractivity contribution in [3.05, 3.63) is 52.8 Å². The molecule has 0 atom stereocenters. The Labute approximate surface area is 197 Å².